The average Bonchev–Trinajstić information content (AvgIpc) is 3.32. The van der Waals surface area contributed by atoms with Crippen LogP contribution in [0.15, 0.2) is 54.6 Å². The van der Waals surface area contributed by atoms with Crippen LogP contribution in [0.5, 0.6) is 0 Å². The number of rotatable bonds is 8. The standard InChI is InChI=1S/C22H24N2O3/c1-2-23-22(12-17(22)14-27-13-16-8-4-3-5-9-16)15-24-20(25)18-10-6-7-11-19(18)21(24)26/h3-11,17,23H,2,12-15H2,1H3/t17-,22-/m0/s1. The van der Waals surface area contributed by atoms with Crippen LogP contribution < -0.4 is 5.32 Å². The molecule has 1 fully saturated rings. The predicted octanol–water partition coefficient (Wildman–Crippen LogP) is 2.87. The lowest BCUT2D eigenvalue weighted by molar-refractivity contribution is 0.0610. The molecule has 140 valence electrons. The van der Waals surface area contributed by atoms with Gasteiger partial charge in [-0.05, 0) is 30.7 Å². The molecule has 2 atom stereocenters. The zero-order valence-corrected chi connectivity index (χ0v) is 15.5. The van der Waals surface area contributed by atoms with E-state index in [1.165, 1.54) is 4.90 Å². The SMILES string of the molecule is CCN[C@]1(CN2C(=O)c3ccccc3C2=O)C[C@H]1COCc1ccccc1. The van der Waals surface area contributed by atoms with E-state index in [2.05, 4.69) is 5.32 Å². The average molecular weight is 364 g/mol. The number of amides is 2. The van der Waals surface area contributed by atoms with Gasteiger partial charge in [-0.3, -0.25) is 14.5 Å². The maximum atomic E-state index is 12.7. The molecule has 5 heteroatoms. The second-order valence-electron chi connectivity index (χ2n) is 7.33. The summed E-state index contributed by atoms with van der Waals surface area (Å²) < 4.78 is 5.90. The third-order valence-electron chi connectivity index (χ3n) is 5.51. The maximum Gasteiger partial charge on any atom is 0.261 e. The quantitative estimate of drug-likeness (QED) is 0.732. The van der Waals surface area contributed by atoms with Crippen LogP contribution in [0.2, 0.25) is 0 Å². The Hall–Kier alpha value is -2.50. The molecule has 0 radical (unpaired) electrons. The van der Waals surface area contributed by atoms with Gasteiger partial charge in [-0.15, -0.1) is 0 Å². The van der Waals surface area contributed by atoms with Gasteiger partial charge >= 0.3 is 0 Å². The molecule has 2 amide bonds. The van der Waals surface area contributed by atoms with Crippen LogP contribution in [0.4, 0.5) is 0 Å². The topological polar surface area (TPSA) is 58.6 Å². The van der Waals surface area contributed by atoms with E-state index in [1.807, 2.05) is 37.3 Å². The molecular weight excluding hydrogens is 340 g/mol. The summed E-state index contributed by atoms with van der Waals surface area (Å²) in [6.45, 7) is 4.42. The molecule has 1 N–H and O–H groups in total. The highest BCUT2D eigenvalue weighted by molar-refractivity contribution is 6.21. The van der Waals surface area contributed by atoms with Crippen molar-refractivity contribution < 1.29 is 14.3 Å². The van der Waals surface area contributed by atoms with Crippen molar-refractivity contribution in [3.8, 4) is 0 Å². The number of imide groups is 1. The summed E-state index contributed by atoms with van der Waals surface area (Å²) in [4.78, 5) is 26.7. The van der Waals surface area contributed by atoms with Crippen LogP contribution in [0.1, 0.15) is 39.6 Å². The third kappa shape index (κ3) is 3.40. The normalized spacial score (nSPS) is 23.6. The van der Waals surface area contributed by atoms with E-state index in [0.29, 0.717) is 36.8 Å². The number of nitrogens with zero attached hydrogens (tertiary/aromatic N) is 1. The molecule has 2 aliphatic rings. The minimum Gasteiger partial charge on any atom is -0.376 e. The van der Waals surface area contributed by atoms with Crippen LogP contribution in [-0.4, -0.2) is 41.9 Å². The first kappa shape index (κ1) is 17.9. The van der Waals surface area contributed by atoms with Crippen molar-refractivity contribution in [2.75, 3.05) is 19.7 Å². The van der Waals surface area contributed by atoms with Crippen molar-refractivity contribution >= 4 is 11.8 Å². The van der Waals surface area contributed by atoms with E-state index in [4.69, 9.17) is 4.74 Å². The Kier molecular flexibility index (Phi) is 4.81. The van der Waals surface area contributed by atoms with E-state index in [-0.39, 0.29) is 17.4 Å². The van der Waals surface area contributed by atoms with Crippen LogP contribution in [-0.2, 0) is 11.3 Å². The molecule has 4 rings (SSSR count). The Labute approximate surface area is 159 Å². The van der Waals surface area contributed by atoms with Gasteiger partial charge in [-0.25, -0.2) is 0 Å². The molecule has 0 aromatic heterocycles. The molecule has 0 saturated heterocycles. The molecule has 1 aliphatic heterocycles. The molecule has 0 unspecified atom stereocenters. The number of likely N-dealkylation sites (N-methyl/N-ethyl adjacent to an activating group) is 1. The van der Waals surface area contributed by atoms with Gasteiger partial charge in [-0.2, -0.15) is 0 Å². The molecule has 1 heterocycles. The molecule has 2 aromatic rings. The lowest BCUT2D eigenvalue weighted by Gasteiger charge is -2.24. The number of nitrogens with one attached hydrogen (secondary N) is 1. The lowest BCUT2D eigenvalue weighted by atomic mass is 10.1. The maximum absolute atomic E-state index is 12.7. The Morgan fingerprint density at radius 2 is 1.67 bits per heavy atom. The molecule has 1 aliphatic carbocycles. The van der Waals surface area contributed by atoms with Gasteiger partial charge in [0, 0.05) is 18.0 Å². The highest BCUT2D eigenvalue weighted by atomic mass is 16.5. The van der Waals surface area contributed by atoms with E-state index in [1.54, 1.807) is 24.3 Å². The lowest BCUT2D eigenvalue weighted by Crippen LogP contribution is -2.47. The summed E-state index contributed by atoms with van der Waals surface area (Å²) in [5, 5.41) is 3.50. The van der Waals surface area contributed by atoms with Gasteiger partial charge in [0.05, 0.1) is 24.3 Å². The smallest absolute Gasteiger partial charge is 0.261 e. The minimum atomic E-state index is -0.237. The van der Waals surface area contributed by atoms with Gasteiger partial charge in [0.2, 0.25) is 0 Å². The summed E-state index contributed by atoms with van der Waals surface area (Å²) >= 11 is 0. The van der Waals surface area contributed by atoms with Crippen molar-refractivity contribution in [2.45, 2.75) is 25.5 Å². The van der Waals surface area contributed by atoms with Crippen LogP contribution in [0, 0.1) is 5.92 Å². The largest absolute Gasteiger partial charge is 0.376 e. The highest BCUT2D eigenvalue weighted by Crippen LogP contribution is 2.45. The van der Waals surface area contributed by atoms with E-state index < -0.39 is 0 Å². The zero-order valence-electron chi connectivity index (χ0n) is 15.5. The Morgan fingerprint density at radius 1 is 1.04 bits per heavy atom. The van der Waals surface area contributed by atoms with Crippen molar-refractivity contribution in [2.24, 2.45) is 5.92 Å². The summed E-state index contributed by atoms with van der Waals surface area (Å²) in [7, 11) is 0. The molecular formula is C22H24N2O3. The Morgan fingerprint density at radius 3 is 2.30 bits per heavy atom. The van der Waals surface area contributed by atoms with Gasteiger partial charge in [-0.1, -0.05) is 49.4 Å². The fraction of sp³-hybridized carbons (Fsp3) is 0.364. The number of benzene rings is 2. The fourth-order valence-corrected chi connectivity index (χ4v) is 3.98. The first-order valence-electron chi connectivity index (χ1n) is 9.46. The summed E-state index contributed by atoms with van der Waals surface area (Å²) in [5.41, 5.74) is 1.92. The first-order chi connectivity index (χ1) is 13.1. The molecule has 0 bridgehead atoms. The molecule has 27 heavy (non-hydrogen) atoms. The highest BCUT2D eigenvalue weighted by Gasteiger charge is 2.56. The van der Waals surface area contributed by atoms with Crippen molar-refractivity contribution in [3.05, 3.63) is 71.3 Å². The van der Waals surface area contributed by atoms with Crippen molar-refractivity contribution in [1.29, 1.82) is 0 Å². The molecule has 0 spiro atoms. The second-order valence-corrected chi connectivity index (χ2v) is 7.33. The van der Waals surface area contributed by atoms with Gasteiger partial charge in [0.15, 0.2) is 0 Å². The molecule has 5 nitrogen and oxygen atoms in total. The predicted molar refractivity (Wildman–Crippen MR) is 102 cm³/mol. The fourth-order valence-electron chi connectivity index (χ4n) is 3.98. The first-order valence-corrected chi connectivity index (χ1v) is 9.46. The van der Waals surface area contributed by atoms with Crippen molar-refractivity contribution in [3.63, 3.8) is 0 Å². The van der Waals surface area contributed by atoms with Crippen LogP contribution in [0.25, 0.3) is 0 Å². The second kappa shape index (κ2) is 7.25. The number of hydrogen-bond donors (Lipinski definition) is 1. The number of fused-ring (bicyclic) bond motifs is 1. The van der Waals surface area contributed by atoms with Gasteiger partial charge in [0.25, 0.3) is 11.8 Å². The van der Waals surface area contributed by atoms with Crippen LogP contribution in [0.3, 0.4) is 0 Å². The summed E-state index contributed by atoms with van der Waals surface area (Å²) in [6.07, 6.45) is 0.906. The minimum absolute atomic E-state index is 0.191. The summed E-state index contributed by atoms with van der Waals surface area (Å²) in [6, 6.07) is 17.1. The van der Waals surface area contributed by atoms with Crippen LogP contribution >= 0.6 is 0 Å². The van der Waals surface area contributed by atoms with Gasteiger partial charge in [0.1, 0.15) is 0 Å². The third-order valence-corrected chi connectivity index (χ3v) is 5.51. The zero-order chi connectivity index (χ0) is 18.9. The molecule has 1 saturated carbocycles. The van der Waals surface area contributed by atoms with Crippen molar-refractivity contribution in [1.82, 2.24) is 10.2 Å². The molecule has 2 aromatic carbocycles. The number of ether oxygens (including phenoxy) is 1. The Bertz CT molecular complexity index is 817. The monoisotopic (exact) mass is 364 g/mol. The van der Waals surface area contributed by atoms with Gasteiger partial charge < -0.3 is 10.1 Å². The number of carbonyl (C=O) groups is 2. The van der Waals surface area contributed by atoms with E-state index in [0.717, 1.165) is 18.5 Å². The van der Waals surface area contributed by atoms with E-state index in [9.17, 15) is 9.59 Å². The van der Waals surface area contributed by atoms with E-state index >= 15 is 0 Å². The Balaban J connectivity index is 1.39. The number of carbonyl (C=O) groups excluding carboxylic acids is 2. The summed E-state index contributed by atoms with van der Waals surface area (Å²) in [5.74, 6) is -0.0852. The number of hydrogen-bond acceptors (Lipinski definition) is 4.